The Morgan fingerprint density at radius 1 is 0.840 bits per heavy atom. The van der Waals surface area contributed by atoms with Crippen molar-refractivity contribution in [3.05, 3.63) is 34.6 Å². The van der Waals surface area contributed by atoms with E-state index in [4.69, 9.17) is 13.3 Å². The maximum atomic E-state index is 13.5. The molecule has 0 aliphatic carbocycles. The molecule has 0 spiro atoms. The molecule has 25 heavy (non-hydrogen) atoms. The summed E-state index contributed by atoms with van der Waals surface area (Å²) in [6.07, 6.45) is 0.838. The van der Waals surface area contributed by atoms with Gasteiger partial charge in [0.25, 0.3) is 5.91 Å². The third-order valence-corrected chi connectivity index (χ3v) is 6.40. The van der Waals surface area contributed by atoms with Crippen LogP contribution in [0.15, 0.2) is 0 Å². The van der Waals surface area contributed by atoms with Gasteiger partial charge in [-0.3, -0.25) is 4.79 Å². The molecule has 142 valence electrons. The number of hydrogen-bond acceptors (Lipinski definition) is 4. The van der Waals surface area contributed by atoms with Crippen LogP contribution in [0, 0.1) is 29.1 Å². The number of nitrogens with one attached hydrogen (secondary N) is 1. The molecule has 0 unspecified atom stereocenters. The van der Waals surface area contributed by atoms with Crippen LogP contribution >= 0.6 is 0 Å². The van der Waals surface area contributed by atoms with Gasteiger partial charge in [-0.1, -0.05) is 0 Å². The van der Waals surface area contributed by atoms with Gasteiger partial charge in [-0.05, 0) is 12.8 Å². The molecule has 0 heterocycles. The molecule has 5 nitrogen and oxygen atoms in total. The first-order valence-electron chi connectivity index (χ1n) is 7.19. The van der Waals surface area contributed by atoms with E-state index in [0.717, 1.165) is 0 Å². The standard InChI is InChI=1S/C14H18F5NO4Si/c1-22-25(23-2,24-3)7-5-4-6-20-14(21)8-9(15)11(17)13(19)12(18)10(8)16/h4-7H2,1-3H3,(H,20,21). The van der Waals surface area contributed by atoms with Crippen molar-refractivity contribution < 1.29 is 40.0 Å². The first-order chi connectivity index (χ1) is 11.7. The topological polar surface area (TPSA) is 56.8 Å². The third-order valence-electron chi connectivity index (χ3n) is 3.57. The van der Waals surface area contributed by atoms with E-state index in [1.54, 1.807) is 0 Å². The summed E-state index contributed by atoms with van der Waals surface area (Å²) in [4.78, 5) is 11.7. The molecule has 0 atom stereocenters. The van der Waals surface area contributed by atoms with E-state index in [1.165, 1.54) is 21.3 Å². The molecule has 0 saturated heterocycles. The molecule has 0 bridgehead atoms. The van der Waals surface area contributed by atoms with Gasteiger partial charge in [0.2, 0.25) is 5.82 Å². The van der Waals surface area contributed by atoms with Crippen molar-refractivity contribution in [1.29, 1.82) is 0 Å². The Morgan fingerprint density at radius 2 is 1.28 bits per heavy atom. The highest BCUT2D eigenvalue weighted by Gasteiger charge is 2.36. The number of halogens is 5. The van der Waals surface area contributed by atoms with Crippen LogP contribution < -0.4 is 5.32 Å². The fourth-order valence-electron chi connectivity index (χ4n) is 2.12. The van der Waals surface area contributed by atoms with Crippen LogP contribution in [0.25, 0.3) is 0 Å². The molecule has 0 aliphatic heterocycles. The summed E-state index contributed by atoms with van der Waals surface area (Å²) in [5.74, 6) is -12.4. The van der Waals surface area contributed by atoms with Gasteiger partial charge in [-0.15, -0.1) is 0 Å². The minimum absolute atomic E-state index is 0.0417. The van der Waals surface area contributed by atoms with Crippen molar-refractivity contribution in [2.24, 2.45) is 0 Å². The van der Waals surface area contributed by atoms with Gasteiger partial charge in [0.15, 0.2) is 23.3 Å². The van der Waals surface area contributed by atoms with Crippen molar-refractivity contribution in [2.75, 3.05) is 27.9 Å². The van der Waals surface area contributed by atoms with E-state index in [9.17, 15) is 26.7 Å². The van der Waals surface area contributed by atoms with Crippen LogP contribution in [-0.2, 0) is 13.3 Å². The lowest BCUT2D eigenvalue weighted by Gasteiger charge is -2.24. The van der Waals surface area contributed by atoms with Crippen LogP contribution in [0.2, 0.25) is 6.04 Å². The average molecular weight is 387 g/mol. The largest absolute Gasteiger partial charge is 0.500 e. The summed E-state index contributed by atoms with van der Waals surface area (Å²) in [6, 6.07) is 0.425. The van der Waals surface area contributed by atoms with Gasteiger partial charge in [0.1, 0.15) is 5.56 Å². The summed E-state index contributed by atoms with van der Waals surface area (Å²) >= 11 is 0. The zero-order valence-corrected chi connectivity index (χ0v) is 14.9. The van der Waals surface area contributed by atoms with E-state index in [2.05, 4.69) is 5.32 Å². The fourth-order valence-corrected chi connectivity index (χ4v) is 3.91. The number of benzene rings is 1. The van der Waals surface area contributed by atoms with Crippen LogP contribution in [0.1, 0.15) is 23.2 Å². The second-order valence-corrected chi connectivity index (χ2v) is 8.04. The Bertz CT molecular complexity index is 590. The Labute approximate surface area is 142 Å². The second kappa shape index (κ2) is 9.22. The number of carbonyl (C=O) groups excluding carboxylic acids is 1. The molecule has 1 aromatic carbocycles. The maximum absolute atomic E-state index is 13.5. The summed E-state index contributed by atoms with van der Waals surface area (Å²) in [5.41, 5.74) is -1.51. The minimum atomic E-state index is -2.77. The van der Waals surface area contributed by atoms with Gasteiger partial charge in [0.05, 0.1) is 0 Å². The third kappa shape index (κ3) is 4.75. The van der Waals surface area contributed by atoms with Gasteiger partial charge in [0, 0.05) is 33.9 Å². The normalized spacial score (nSPS) is 11.7. The molecule has 0 aromatic heterocycles. The molecule has 0 saturated carbocycles. The van der Waals surface area contributed by atoms with Gasteiger partial charge < -0.3 is 18.6 Å². The number of amides is 1. The SMILES string of the molecule is CO[Si](CCCCNC(=O)c1c(F)c(F)c(F)c(F)c1F)(OC)OC. The van der Waals surface area contributed by atoms with Crippen LogP contribution in [0.5, 0.6) is 0 Å². The monoisotopic (exact) mass is 387 g/mol. The van der Waals surface area contributed by atoms with Crippen molar-refractivity contribution in [1.82, 2.24) is 5.32 Å². The van der Waals surface area contributed by atoms with Gasteiger partial charge in [-0.25, -0.2) is 22.0 Å². The maximum Gasteiger partial charge on any atom is 0.500 e. The van der Waals surface area contributed by atoms with E-state index < -0.39 is 49.4 Å². The Morgan fingerprint density at radius 3 is 1.72 bits per heavy atom. The molecule has 11 heteroatoms. The van der Waals surface area contributed by atoms with Crippen molar-refractivity contribution >= 4 is 14.7 Å². The average Bonchev–Trinajstić information content (AvgIpc) is 2.62. The number of unbranched alkanes of at least 4 members (excludes halogenated alkanes) is 1. The van der Waals surface area contributed by atoms with Crippen molar-refractivity contribution in [2.45, 2.75) is 18.9 Å². The summed E-state index contributed by atoms with van der Waals surface area (Å²) in [6.45, 7) is -0.0417. The fraction of sp³-hybridized carbons (Fsp3) is 0.500. The molecule has 1 aromatic rings. The van der Waals surface area contributed by atoms with E-state index >= 15 is 0 Å². The Hall–Kier alpha value is -1.56. The molecule has 1 rings (SSSR count). The number of carbonyl (C=O) groups is 1. The highest BCUT2D eigenvalue weighted by Crippen LogP contribution is 2.23. The van der Waals surface area contributed by atoms with E-state index in [-0.39, 0.29) is 6.54 Å². The van der Waals surface area contributed by atoms with Crippen LogP contribution in [0.4, 0.5) is 22.0 Å². The van der Waals surface area contributed by atoms with Crippen molar-refractivity contribution in [3.63, 3.8) is 0 Å². The molecule has 0 radical (unpaired) electrons. The second-order valence-electron chi connectivity index (χ2n) is 4.95. The predicted octanol–water partition coefficient (Wildman–Crippen LogP) is 2.77. The van der Waals surface area contributed by atoms with Crippen LogP contribution in [0.3, 0.4) is 0 Å². The Kier molecular flexibility index (Phi) is 7.92. The number of rotatable bonds is 9. The molecule has 0 fully saturated rings. The quantitative estimate of drug-likeness (QED) is 0.233. The first-order valence-corrected chi connectivity index (χ1v) is 9.13. The summed E-state index contributed by atoms with van der Waals surface area (Å²) in [7, 11) is 1.53. The van der Waals surface area contributed by atoms with E-state index in [0.29, 0.717) is 18.9 Å². The molecule has 1 N–H and O–H groups in total. The minimum Gasteiger partial charge on any atom is -0.377 e. The first kappa shape index (κ1) is 21.5. The van der Waals surface area contributed by atoms with Gasteiger partial charge >= 0.3 is 8.80 Å². The Balaban J connectivity index is 2.65. The van der Waals surface area contributed by atoms with E-state index in [1.807, 2.05) is 0 Å². The summed E-state index contributed by atoms with van der Waals surface area (Å²) < 4.78 is 81.7. The lowest BCUT2D eigenvalue weighted by molar-refractivity contribution is 0.0941. The van der Waals surface area contributed by atoms with Crippen molar-refractivity contribution in [3.8, 4) is 0 Å². The molecule has 0 aliphatic rings. The summed E-state index contributed by atoms with van der Waals surface area (Å²) in [5, 5.41) is 2.11. The molecule has 1 amide bonds. The highest BCUT2D eigenvalue weighted by atomic mass is 28.4. The lowest BCUT2D eigenvalue weighted by Crippen LogP contribution is -2.42. The van der Waals surface area contributed by atoms with Crippen LogP contribution in [-0.4, -0.2) is 42.6 Å². The lowest BCUT2D eigenvalue weighted by atomic mass is 10.1. The van der Waals surface area contributed by atoms with Gasteiger partial charge in [-0.2, -0.15) is 0 Å². The number of hydrogen-bond donors (Lipinski definition) is 1. The molecular formula is C14H18F5NO4Si. The zero-order valence-electron chi connectivity index (χ0n) is 13.9. The smallest absolute Gasteiger partial charge is 0.377 e. The predicted molar refractivity (Wildman–Crippen MR) is 79.4 cm³/mol. The molecular weight excluding hydrogens is 369 g/mol. The highest BCUT2D eigenvalue weighted by molar-refractivity contribution is 6.60. The zero-order chi connectivity index (χ0) is 19.2.